The van der Waals surface area contributed by atoms with Gasteiger partial charge in [-0.15, -0.1) is 0 Å². The summed E-state index contributed by atoms with van der Waals surface area (Å²) in [6.45, 7) is 8.85. The third kappa shape index (κ3) is 7.11. The van der Waals surface area contributed by atoms with Crippen molar-refractivity contribution in [1.82, 2.24) is 5.32 Å². The Bertz CT molecular complexity index is 1610. The summed E-state index contributed by atoms with van der Waals surface area (Å²) in [5, 5.41) is 9.02. The zero-order valence-corrected chi connectivity index (χ0v) is 27.0. The van der Waals surface area contributed by atoms with E-state index in [-0.39, 0.29) is 36.3 Å². The number of rotatable bonds is 12. The Balaban J connectivity index is 1.33. The van der Waals surface area contributed by atoms with Crippen molar-refractivity contribution in [2.24, 2.45) is 11.7 Å². The molecule has 2 aliphatic rings. The number of nitrogens with two attached hydrogens (primary N) is 1. The van der Waals surface area contributed by atoms with Gasteiger partial charge in [0.2, 0.25) is 11.8 Å². The van der Waals surface area contributed by atoms with E-state index in [0.29, 0.717) is 48.2 Å². The summed E-state index contributed by atoms with van der Waals surface area (Å²) in [4.78, 5) is 41.0. The Labute approximate surface area is 269 Å². The van der Waals surface area contributed by atoms with E-state index in [1.54, 1.807) is 26.2 Å². The molecule has 0 radical (unpaired) electrons. The Morgan fingerprint density at radius 2 is 1.76 bits per heavy atom. The molecule has 0 saturated carbocycles. The number of fused-ring (bicyclic) bond motifs is 4. The third-order valence-corrected chi connectivity index (χ3v) is 8.31. The lowest BCUT2D eigenvalue weighted by Gasteiger charge is -2.22. The smallest absolute Gasteiger partial charge is 0.260 e. The minimum absolute atomic E-state index is 0.0114. The fraction of sp³-hybridized carbons (Fsp3) is 0.400. The number of carbonyl (C=O) groups is 3. The van der Waals surface area contributed by atoms with Gasteiger partial charge in [-0.05, 0) is 73.2 Å². The third-order valence-electron chi connectivity index (χ3n) is 8.31. The Morgan fingerprint density at radius 1 is 1.02 bits per heavy atom. The van der Waals surface area contributed by atoms with Crippen LogP contribution < -0.4 is 36.1 Å². The fourth-order valence-corrected chi connectivity index (χ4v) is 5.72. The van der Waals surface area contributed by atoms with Crippen LogP contribution in [0, 0.1) is 5.92 Å². The summed E-state index contributed by atoms with van der Waals surface area (Å²) < 4.78 is 17.6. The average molecular weight is 630 g/mol. The maximum absolute atomic E-state index is 13.8. The van der Waals surface area contributed by atoms with Crippen molar-refractivity contribution in [3.8, 4) is 11.5 Å². The van der Waals surface area contributed by atoms with Crippen molar-refractivity contribution >= 4 is 34.8 Å². The van der Waals surface area contributed by atoms with Gasteiger partial charge in [0.25, 0.3) is 5.91 Å². The van der Waals surface area contributed by atoms with Crippen LogP contribution in [0.3, 0.4) is 0 Å². The highest BCUT2D eigenvalue weighted by Crippen LogP contribution is 2.40. The molecule has 5 rings (SSSR count). The number of nitrogens with one attached hydrogen (secondary N) is 3. The van der Waals surface area contributed by atoms with Gasteiger partial charge in [-0.25, -0.2) is 0 Å². The van der Waals surface area contributed by atoms with Gasteiger partial charge in [0.05, 0.1) is 37.1 Å². The second kappa shape index (κ2) is 14.2. The lowest BCUT2D eigenvalue weighted by Crippen LogP contribution is -2.50. The van der Waals surface area contributed by atoms with Crippen LogP contribution in [0.25, 0.3) is 0 Å². The van der Waals surface area contributed by atoms with Crippen molar-refractivity contribution in [3.05, 3.63) is 76.9 Å². The Kier molecular flexibility index (Phi) is 10.1. The van der Waals surface area contributed by atoms with Gasteiger partial charge in [0.1, 0.15) is 12.6 Å². The fourth-order valence-electron chi connectivity index (χ4n) is 5.72. The number of anilines is 3. The quantitative estimate of drug-likeness (QED) is 0.233. The van der Waals surface area contributed by atoms with Crippen LogP contribution in [-0.2, 0) is 34.0 Å². The van der Waals surface area contributed by atoms with Crippen LogP contribution in [0.2, 0.25) is 0 Å². The maximum Gasteiger partial charge on any atom is 0.260 e. The standard InChI is InChI=1S/C35H43N5O6/c1-6-45-18-22-11-23(13-25(12-22)39-33(41)21(4)38-34(42)32(36)20(2)3)19-46-31-16-28-27(15-30(31)44-5)35(43)40-26(17-37-28)14-24-9-7-8-10-29(24)40/h7-13,15-16,20-21,26,32,37H,6,14,17-19,36H2,1-5H3,(H,38,42)(H,39,41)/t21-,26-,32-/m0/s1. The van der Waals surface area contributed by atoms with E-state index in [0.717, 1.165) is 28.8 Å². The molecule has 3 amide bonds. The number of carbonyl (C=O) groups excluding carboxylic acids is 3. The monoisotopic (exact) mass is 629 g/mol. The minimum Gasteiger partial charge on any atom is -0.493 e. The number of nitrogens with zero attached hydrogens (tertiary/aromatic N) is 1. The number of amides is 3. The van der Waals surface area contributed by atoms with Gasteiger partial charge in [0.15, 0.2) is 11.5 Å². The molecule has 46 heavy (non-hydrogen) atoms. The molecule has 244 valence electrons. The predicted molar refractivity (Wildman–Crippen MR) is 177 cm³/mol. The molecule has 2 aliphatic heterocycles. The highest BCUT2D eigenvalue weighted by Gasteiger charge is 2.37. The Hall–Kier alpha value is -4.61. The van der Waals surface area contributed by atoms with Crippen LogP contribution in [0.15, 0.2) is 54.6 Å². The first-order chi connectivity index (χ1) is 22.1. The number of benzene rings is 3. The van der Waals surface area contributed by atoms with Gasteiger partial charge >= 0.3 is 0 Å². The van der Waals surface area contributed by atoms with Crippen LogP contribution in [0.4, 0.5) is 17.1 Å². The lowest BCUT2D eigenvalue weighted by molar-refractivity contribution is -0.127. The molecule has 0 aliphatic carbocycles. The first-order valence-corrected chi connectivity index (χ1v) is 15.7. The lowest BCUT2D eigenvalue weighted by atomic mass is 10.0. The highest BCUT2D eigenvalue weighted by molar-refractivity contribution is 6.12. The summed E-state index contributed by atoms with van der Waals surface area (Å²) >= 11 is 0. The van der Waals surface area contributed by atoms with Gasteiger partial charge < -0.3 is 40.8 Å². The van der Waals surface area contributed by atoms with Gasteiger partial charge in [0, 0.05) is 30.6 Å². The molecule has 0 spiro atoms. The van der Waals surface area contributed by atoms with Crippen molar-refractivity contribution in [2.75, 3.05) is 35.8 Å². The van der Waals surface area contributed by atoms with E-state index in [1.165, 1.54) is 0 Å². The van der Waals surface area contributed by atoms with E-state index in [1.807, 2.05) is 62.1 Å². The zero-order chi connectivity index (χ0) is 33.0. The van der Waals surface area contributed by atoms with Crippen LogP contribution >= 0.6 is 0 Å². The van der Waals surface area contributed by atoms with Crippen molar-refractivity contribution in [2.45, 2.75) is 65.5 Å². The summed E-state index contributed by atoms with van der Waals surface area (Å²) in [5.41, 5.74) is 11.4. The number of hydrogen-bond donors (Lipinski definition) is 4. The summed E-state index contributed by atoms with van der Waals surface area (Å²) in [6, 6.07) is 15.6. The van der Waals surface area contributed by atoms with E-state index < -0.39 is 12.1 Å². The van der Waals surface area contributed by atoms with Crippen molar-refractivity contribution in [1.29, 1.82) is 0 Å². The number of methoxy groups -OCH3 is 1. The largest absolute Gasteiger partial charge is 0.493 e. The molecule has 3 atom stereocenters. The SMILES string of the molecule is CCOCc1cc(COc2cc3c(cc2OC)C(=O)N2c4ccccc4C[C@H]2CN3)cc(NC(=O)[C@H](C)NC(=O)[C@@H](N)C(C)C)c1. The molecule has 2 heterocycles. The van der Waals surface area contributed by atoms with Gasteiger partial charge in [-0.3, -0.25) is 14.4 Å². The topological polar surface area (TPSA) is 144 Å². The molecule has 0 aromatic heterocycles. The second-order valence-corrected chi connectivity index (χ2v) is 12.0. The molecule has 11 heteroatoms. The molecular weight excluding hydrogens is 586 g/mol. The molecule has 3 aromatic rings. The number of ether oxygens (including phenoxy) is 3. The molecule has 5 N–H and O–H groups in total. The number of hydrogen-bond acceptors (Lipinski definition) is 8. The Morgan fingerprint density at radius 3 is 2.48 bits per heavy atom. The molecule has 0 bridgehead atoms. The van der Waals surface area contributed by atoms with Crippen LogP contribution in [-0.4, -0.2) is 56.1 Å². The molecule has 3 aromatic carbocycles. The summed E-state index contributed by atoms with van der Waals surface area (Å²) in [6.07, 6.45) is 0.789. The van der Waals surface area contributed by atoms with Crippen LogP contribution in [0.5, 0.6) is 11.5 Å². The summed E-state index contributed by atoms with van der Waals surface area (Å²) in [5.74, 6) is 0.00692. The minimum atomic E-state index is -0.795. The molecule has 11 nitrogen and oxygen atoms in total. The molecule has 0 fully saturated rings. The number of para-hydroxylation sites is 1. The van der Waals surface area contributed by atoms with Crippen molar-refractivity contribution < 1.29 is 28.6 Å². The first-order valence-electron chi connectivity index (χ1n) is 15.7. The average Bonchev–Trinajstić information content (AvgIpc) is 3.36. The van der Waals surface area contributed by atoms with E-state index in [4.69, 9.17) is 19.9 Å². The summed E-state index contributed by atoms with van der Waals surface area (Å²) in [7, 11) is 1.54. The van der Waals surface area contributed by atoms with Gasteiger partial charge in [-0.1, -0.05) is 32.0 Å². The van der Waals surface area contributed by atoms with E-state index in [9.17, 15) is 14.4 Å². The molecule has 0 unspecified atom stereocenters. The molecular formula is C35H43N5O6. The van der Waals surface area contributed by atoms with E-state index >= 15 is 0 Å². The predicted octanol–water partition coefficient (Wildman–Crippen LogP) is 4.23. The highest BCUT2D eigenvalue weighted by atomic mass is 16.5. The normalized spacial score (nSPS) is 16.4. The zero-order valence-electron chi connectivity index (χ0n) is 27.0. The van der Waals surface area contributed by atoms with Crippen LogP contribution in [0.1, 0.15) is 54.7 Å². The van der Waals surface area contributed by atoms with Gasteiger partial charge in [-0.2, -0.15) is 0 Å². The molecule has 0 saturated heterocycles. The van der Waals surface area contributed by atoms with Crippen molar-refractivity contribution in [3.63, 3.8) is 0 Å². The first kappa shape index (κ1) is 32.8. The van der Waals surface area contributed by atoms with E-state index in [2.05, 4.69) is 22.0 Å². The maximum atomic E-state index is 13.8. The second-order valence-electron chi connectivity index (χ2n) is 12.0.